The summed E-state index contributed by atoms with van der Waals surface area (Å²) in [5.41, 5.74) is 2.57. The van der Waals surface area contributed by atoms with Gasteiger partial charge in [-0.15, -0.1) is 0 Å². The topological polar surface area (TPSA) is 74.6 Å². The van der Waals surface area contributed by atoms with Gasteiger partial charge in [-0.3, -0.25) is 9.52 Å². The van der Waals surface area contributed by atoms with Crippen molar-refractivity contribution in [3.8, 4) is 0 Å². The zero-order valence-electron chi connectivity index (χ0n) is 23.0. The number of sulfonamides is 1. The highest BCUT2D eigenvalue weighted by atomic mass is 35.5. The highest BCUT2D eigenvalue weighted by Gasteiger charge is 2.24. The minimum Gasteiger partial charge on any atom is -0.345 e. The lowest BCUT2D eigenvalue weighted by Crippen LogP contribution is -2.39. The number of carbonyl (C=O) groups excluding carboxylic acids is 1. The van der Waals surface area contributed by atoms with Crippen molar-refractivity contribution in [3.63, 3.8) is 0 Å². The zero-order chi connectivity index (χ0) is 27.6. The Bertz CT molecular complexity index is 1440. The molecule has 0 unspecified atom stereocenters. The number of para-hydroxylation sites is 1. The summed E-state index contributed by atoms with van der Waals surface area (Å²) >= 11 is 6.19. The third kappa shape index (κ3) is 6.44. The smallest absolute Gasteiger partial charge is 0.262 e. The van der Waals surface area contributed by atoms with Crippen LogP contribution in [0.25, 0.3) is 10.9 Å². The van der Waals surface area contributed by atoms with E-state index in [0.717, 1.165) is 36.8 Å². The third-order valence-corrected chi connectivity index (χ3v) is 10.3. The molecule has 210 valence electrons. The highest BCUT2D eigenvalue weighted by Crippen LogP contribution is 2.30. The van der Waals surface area contributed by atoms with E-state index >= 15 is 0 Å². The van der Waals surface area contributed by atoms with Gasteiger partial charge in [0.2, 0.25) is 5.91 Å². The molecule has 1 aromatic heterocycles. The molecule has 1 N–H and O–H groups in total. The first-order chi connectivity index (χ1) is 18.7. The van der Waals surface area contributed by atoms with Crippen molar-refractivity contribution >= 4 is 44.1 Å². The molecule has 9 heteroatoms. The fourth-order valence-electron chi connectivity index (χ4n) is 5.99. The Morgan fingerprint density at radius 1 is 1.00 bits per heavy atom. The first-order valence-electron chi connectivity index (χ1n) is 14.1. The lowest BCUT2D eigenvalue weighted by molar-refractivity contribution is -0.132. The number of anilines is 1. The predicted octanol–water partition coefficient (Wildman–Crippen LogP) is 5.83. The number of aromatic nitrogens is 1. The second kappa shape index (κ2) is 11.9. The summed E-state index contributed by atoms with van der Waals surface area (Å²) in [6, 6.07) is 10.8. The van der Waals surface area contributed by atoms with E-state index in [4.69, 9.17) is 11.6 Å². The van der Waals surface area contributed by atoms with Gasteiger partial charge in [0.1, 0.15) is 0 Å². The Kier molecular flexibility index (Phi) is 8.55. The number of benzene rings is 2. The highest BCUT2D eigenvalue weighted by molar-refractivity contribution is 7.92. The van der Waals surface area contributed by atoms with Crippen molar-refractivity contribution < 1.29 is 13.2 Å². The molecule has 2 saturated heterocycles. The van der Waals surface area contributed by atoms with Gasteiger partial charge in [-0.25, -0.2) is 8.42 Å². The minimum atomic E-state index is -3.83. The Balaban J connectivity index is 1.22. The van der Waals surface area contributed by atoms with Crippen molar-refractivity contribution in [1.82, 2.24) is 14.4 Å². The zero-order valence-corrected chi connectivity index (χ0v) is 24.5. The third-order valence-electron chi connectivity index (χ3n) is 8.36. The summed E-state index contributed by atoms with van der Waals surface area (Å²) in [7, 11) is -3.83. The molecule has 0 atom stereocenters. The molecule has 5 rings (SSSR count). The lowest BCUT2D eigenvalue weighted by atomic mass is 9.93. The van der Waals surface area contributed by atoms with Crippen LogP contribution in [0.15, 0.2) is 47.5 Å². The maximum atomic E-state index is 13.4. The second-order valence-corrected chi connectivity index (χ2v) is 13.2. The molecule has 0 aliphatic carbocycles. The van der Waals surface area contributed by atoms with Crippen LogP contribution in [0, 0.1) is 19.8 Å². The van der Waals surface area contributed by atoms with Crippen LogP contribution in [0.5, 0.6) is 0 Å². The number of nitrogens with zero attached hydrogens (tertiary/aromatic N) is 3. The van der Waals surface area contributed by atoms with Crippen LogP contribution in [0.4, 0.5) is 5.69 Å². The van der Waals surface area contributed by atoms with Gasteiger partial charge in [0.05, 0.1) is 16.1 Å². The van der Waals surface area contributed by atoms with E-state index in [2.05, 4.69) is 9.62 Å². The van der Waals surface area contributed by atoms with Crippen molar-refractivity contribution in [1.29, 1.82) is 0 Å². The average Bonchev–Trinajstić information content (AvgIpc) is 3.59. The average molecular weight is 571 g/mol. The van der Waals surface area contributed by atoms with Crippen molar-refractivity contribution in [2.24, 2.45) is 5.92 Å². The minimum absolute atomic E-state index is 0.167. The number of aryl methyl sites for hydroxylation is 3. The number of piperidine rings is 1. The van der Waals surface area contributed by atoms with Crippen LogP contribution >= 0.6 is 11.6 Å². The normalized spacial score (nSPS) is 17.3. The van der Waals surface area contributed by atoms with Gasteiger partial charge in [0, 0.05) is 42.7 Å². The van der Waals surface area contributed by atoms with Crippen molar-refractivity contribution in [2.45, 2.75) is 63.8 Å². The molecule has 1 amide bonds. The van der Waals surface area contributed by atoms with Crippen LogP contribution in [0.3, 0.4) is 0 Å². The van der Waals surface area contributed by atoms with E-state index in [1.165, 1.54) is 38.9 Å². The van der Waals surface area contributed by atoms with Crippen LogP contribution in [-0.2, 0) is 21.4 Å². The quantitative estimate of drug-likeness (QED) is 0.351. The molecule has 0 spiro atoms. The molecule has 0 radical (unpaired) electrons. The van der Waals surface area contributed by atoms with Gasteiger partial charge in [-0.1, -0.05) is 23.7 Å². The molecule has 0 bridgehead atoms. The number of halogens is 1. The maximum Gasteiger partial charge on any atom is 0.262 e. The molecule has 39 heavy (non-hydrogen) atoms. The van der Waals surface area contributed by atoms with Gasteiger partial charge in [-0.2, -0.15) is 0 Å². The number of hydrogen-bond donors (Lipinski definition) is 1. The lowest BCUT2D eigenvalue weighted by Gasteiger charge is -2.33. The van der Waals surface area contributed by atoms with Gasteiger partial charge in [0.25, 0.3) is 10.0 Å². The van der Waals surface area contributed by atoms with E-state index < -0.39 is 10.0 Å². The Morgan fingerprint density at radius 2 is 1.74 bits per heavy atom. The second-order valence-electron chi connectivity index (χ2n) is 11.1. The monoisotopic (exact) mass is 570 g/mol. The number of fused-ring (bicyclic) bond motifs is 1. The summed E-state index contributed by atoms with van der Waals surface area (Å²) in [6.07, 6.45) is 8.39. The van der Waals surface area contributed by atoms with Crippen LogP contribution in [-0.4, -0.2) is 61.4 Å². The van der Waals surface area contributed by atoms with Crippen LogP contribution in [0.1, 0.15) is 49.7 Å². The number of amides is 1. The molecule has 7 nitrogen and oxygen atoms in total. The van der Waals surface area contributed by atoms with Crippen molar-refractivity contribution in [3.05, 3.63) is 58.7 Å². The standard InChI is InChI=1S/C30H39ClN4O3S/c1-22-21-28(23(2)20-26(22)31)39(37,38)32-27-7-5-6-25-11-18-35(30(25)27)19-12-29(36)34-16-9-24(10-17-34)8-15-33-13-3-4-14-33/h5-7,11,18,20-21,24,32H,3-4,8-10,12-17,19H2,1-2H3. The first kappa shape index (κ1) is 28.0. The molecular formula is C30H39ClN4O3S. The Hall–Kier alpha value is -2.55. The van der Waals surface area contributed by atoms with Gasteiger partial charge in [-0.05, 0) is 107 Å². The van der Waals surface area contributed by atoms with E-state index in [-0.39, 0.29) is 10.8 Å². The molecule has 2 aromatic carbocycles. The van der Waals surface area contributed by atoms with Crippen LogP contribution in [0.2, 0.25) is 5.02 Å². The van der Waals surface area contributed by atoms with E-state index in [1.807, 2.05) is 33.9 Å². The fourth-order valence-corrected chi connectivity index (χ4v) is 7.59. The van der Waals surface area contributed by atoms with Crippen molar-refractivity contribution in [2.75, 3.05) is 37.4 Å². The molecule has 2 aliphatic heterocycles. The number of rotatable bonds is 9. The molecule has 0 saturated carbocycles. The van der Waals surface area contributed by atoms with Gasteiger partial charge < -0.3 is 14.4 Å². The summed E-state index contributed by atoms with van der Waals surface area (Å²) in [5, 5.41) is 1.46. The number of nitrogens with one attached hydrogen (secondary N) is 1. The predicted molar refractivity (Wildman–Crippen MR) is 158 cm³/mol. The fraction of sp³-hybridized carbons (Fsp3) is 0.500. The van der Waals surface area contributed by atoms with E-state index in [1.54, 1.807) is 32.0 Å². The Morgan fingerprint density at radius 3 is 2.49 bits per heavy atom. The van der Waals surface area contributed by atoms with Gasteiger partial charge in [0.15, 0.2) is 0 Å². The molecule has 3 aromatic rings. The number of likely N-dealkylation sites (tertiary alicyclic amines) is 2. The molecular weight excluding hydrogens is 532 g/mol. The Labute approximate surface area is 237 Å². The van der Waals surface area contributed by atoms with Gasteiger partial charge >= 0.3 is 0 Å². The number of hydrogen-bond acceptors (Lipinski definition) is 4. The van der Waals surface area contributed by atoms with Crippen LogP contribution < -0.4 is 4.72 Å². The van der Waals surface area contributed by atoms with E-state index in [9.17, 15) is 13.2 Å². The summed E-state index contributed by atoms with van der Waals surface area (Å²) in [4.78, 5) is 17.9. The van der Waals surface area contributed by atoms with E-state index in [0.29, 0.717) is 40.7 Å². The summed E-state index contributed by atoms with van der Waals surface area (Å²) in [6.45, 7) is 9.38. The maximum absolute atomic E-state index is 13.4. The number of carbonyl (C=O) groups is 1. The molecule has 3 heterocycles. The summed E-state index contributed by atoms with van der Waals surface area (Å²) < 4.78 is 31.5. The largest absolute Gasteiger partial charge is 0.345 e. The molecule has 2 fully saturated rings. The molecule has 2 aliphatic rings. The summed E-state index contributed by atoms with van der Waals surface area (Å²) in [5.74, 6) is 0.881. The SMILES string of the molecule is Cc1cc(S(=O)(=O)Nc2cccc3ccn(CCC(=O)N4CCC(CCN5CCCC5)CC4)c23)c(C)cc1Cl. The first-order valence-corrected chi connectivity index (χ1v) is 15.9.